The van der Waals surface area contributed by atoms with Crippen molar-refractivity contribution in [1.82, 2.24) is 24.8 Å². The van der Waals surface area contributed by atoms with Gasteiger partial charge in [-0.25, -0.2) is 14.5 Å². The summed E-state index contributed by atoms with van der Waals surface area (Å²) in [4.78, 5) is 50.5. The van der Waals surface area contributed by atoms with Crippen molar-refractivity contribution < 1.29 is 9.59 Å². The number of carbonyl (C=O) groups excluding carboxylic acids is 2. The molecule has 0 aliphatic carbocycles. The normalized spacial score (nSPS) is 15.3. The number of carbonyl (C=O) groups is 2. The Morgan fingerprint density at radius 3 is 2.48 bits per heavy atom. The number of aromatic nitrogens is 3. The molecule has 0 unspecified atom stereocenters. The van der Waals surface area contributed by atoms with Crippen molar-refractivity contribution in [3.05, 3.63) is 102 Å². The first-order valence-corrected chi connectivity index (χ1v) is 14.2. The van der Waals surface area contributed by atoms with Gasteiger partial charge in [0.2, 0.25) is 5.95 Å². The average molecular weight is 598 g/mol. The number of amides is 2. The van der Waals surface area contributed by atoms with E-state index in [1.54, 1.807) is 60.6 Å². The summed E-state index contributed by atoms with van der Waals surface area (Å²) >= 11 is 13.7. The highest BCUT2D eigenvalue weighted by atomic mass is 35.5. The van der Waals surface area contributed by atoms with Crippen LogP contribution in [0.5, 0.6) is 0 Å². The second-order valence-corrected chi connectivity index (χ2v) is 11.2. The van der Waals surface area contributed by atoms with E-state index < -0.39 is 0 Å². The van der Waals surface area contributed by atoms with Crippen LogP contribution < -0.4 is 16.2 Å². The molecule has 2 amide bonds. The monoisotopic (exact) mass is 596 g/mol. The molecule has 1 aliphatic rings. The van der Waals surface area contributed by atoms with Crippen LogP contribution >= 0.6 is 34.5 Å². The minimum atomic E-state index is -0.263. The summed E-state index contributed by atoms with van der Waals surface area (Å²) in [6.45, 7) is 3.99. The van der Waals surface area contributed by atoms with Gasteiger partial charge in [-0.05, 0) is 62.7 Å². The molecule has 3 heterocycles. The van der Waals surface area contributed by atoms with E-state index in [9.17, 15) is 14.4 Å². The number of fused-ring (bicyclic) bond motifs is 1. The van der Waals surface area contributed by atoms with E-state index in [0.29, 0.717) is 50.5 Å². The molecule has 4 aromatic rings. The predicted octanol–water partition coefficient (Wildman–Crippen LogP) is 5.12. The fourth-order valence-corrected chi connectivity index (χ4v) is 5.62. The highest BCUT2D eigenvalue weighted by molar-refractivity contribution is 7.09. The molecule has 0 fully saturated rings. The molecule has 0 saturated carbocycles. The van der Waals surface area contributed by atoms with E-state index in [4.69, 9.17) is 28.2 Å². The minimum absolute atomic E-state index is 0.154. The fourth-order valence-electron chi connectivity index (χ4n) is 4.67. The predicted molar refractivity (Wildman–Crippen MR) is 157 cm³/mol. The zero-order chi connectivity index (χ0) is 28.6. The SMILES string of the molecule is CNC(=O)c1ccc(-n2c(N[C@H](C)c3nccs3)nc3c(c2=O)C[C@@H](C)N(C(=O)c2ccc(Cl)c(Cl)c2)C3)cc1. The largest absolute Gasteiger partial charge is 0.355 e. The highest BCUT2D eigenvalue weighted by Crippen LogP contribution is 2.28. The highest BCUT2D eigenvalue weighted by Gasteiger charge is 2.32. The Hall–Kier alpha value is -3.73. The molecule has 5 rings (SSSR count). The Balaban J connectivity index is 1.57. The summed E-state index contributed by atoms with van der Waals surface area (Å²) < 4.78 is 1.51. The molecule has 12 heteroatoms. The molecule has 2 aromatic carbocycles. The lowest BCUT2D eigenvalue weighted by molar-refractivity contribution is 0.0653. The maximum Gasteiger partial charge on any atom is 0.263 e. The number of rotatable bonds is 6. The van der Waals surface area contributed by atoms with Crippen LogP contribution in [-0.4, -0.2) is 44.3 Å². The zero-order valence-corrected chi connectivity index (χ0v) is 24.3. The molecule has 0 bridgehead atoms. The van der Waals surface area contributed by atoms with Gasteiger partial charge in [-0.3, -0.25) is 14.4 Å². The van der Waals surface area contributed by atoms with E-state index in [2.05, 4.69) is 15.6 Å². The fraction of sp³-hybridized carbons (Fsp3) is 0.250. The summed E-state index contributed by atoms with van der Waals surface area (Å²) in [6.07, 6.45) is 2.05. The second-order valence-electron chi connectivity index (χ2n) is 9.48. The molecule has 2 N–H and O–H groups in total. The van der Waals surface area contributed by atoms with Crippen molar-refractivity contribution in [2.75, 3.05) is 12.4 Å². The van der Waals surface area contributed by atoms with Gasteiger partial charge in [-0.1, -0.05) is 23.2 Å². The third kappa shape index (κ3) is 5.34. The van der Waals surface area contributed by atoms with E-state index in [0.717, 1.165) is 5.01 Å². The number of anilines is 1. The topological polar surface area (TPSA) is 109 Å². The number of benzene rings is 2. The molecular formula is C28H26Cl2N6O3S. The van der Waals surface area contributed by atoms with E-state index >= 15 is 0 Å². The average Bonchev–Trinajstić information content (AvgIpc) is 3.50. The maximum atomic E-state index is 14.0. The van der Waals surface area contributed by atoms with E-state index in [1.165, 1.54) is 15.9 Å². The van der Waals surface area contributed by atoms with Crippen molar-refractivity contribution in [2.24, 2.45) is 0 Å². The molecule has 1 aliphatic heterocycles. The summed E-state index contributed by atoms with van der Waals surface area (Å²) in [5, 5.41) is 9.31. The van der Waals surface area contributed by atoms with Gasteiger partial charge in [0.1, 0.15) is 5.01 Å². The van der Waals surface area contributed by atoms with Crippen molar-refractivity contribution in [3.8, 4) is 5.69 Å². The Kier molecular flexibility index (Phi) is 7.93. The molecule has 0 saturated heterocycles. The third-order valence-corrected chi connectivity index (χ3v) is 8.52. The molecule has 2 atom stereocenters. The number of nitrogens with one attached hydrogen (secondary N) is 2. The van der Waals surface area contributed by atoms with Crippen LogP contribution in [0.2, 0.25) is 10.0 Å². The Morgan fingerprint density at radius 1 is 1.10 bits per heavy atom. The van der Waals surface area contributed by atoms with Crippen LogP contribution in [-0.2, 0) is 13.0 Å². The quantitative estimate of drug-likeness (QED) is 0.320. The number of hydrogen-bond acceptors (Lipinski definition) is 7. The number of halogens is 2. The molecule has 0 spiro atoms. The number of thiazole rings is 1. The van der Waals surface area contributed by atoms with Crippen LogP contribution in [0.1, 0.15) is 56.9 Å². The standard InChI is InChI=1S/C28H26Cl2N6O3S/c1-15-12-20-23(14-35(15)26(38)18-6-9-21(29)22(30)13-18)34-28(33-16(2)25-32-10-11-40-25)36(27(20)39)19-7-4-17(5-8-19)24(37)31-3/h4-11,13,15-16H,12,14H2,1-3H3,(H,31,37)(H,33,34)/t15-,16-/m1/s1. The molecule has 0 radical (unpaired) electrons. The van der Waals surface area contributed by atoms with E-state index in [1.807, 2.05) is 19.2 Å². The Morgan fingerprint density at radius 2 is 1.82 bits per heavy atom. The van der Waals surface area contributed by atoms with Crippen molar-refractivity contribution >= 4 is 52.3 Å². The second kappa shape index (κ2) is 11.4. The first-order chi connectivity index (χ1) is 19.2. The van der Waals surface area contributed by atoms with Crippen LogP contribution in [0.3, 0.4) is 0 Å². The smallest absolute Gasteiger partial charge is 0.263 e. The zero-order valence-electron chi connectivity index (χ0n) is 21.9. The van der Waals surface area contributed by atoms with Gasteiger partial charge in [-0.15, -0.1) is 11.3 Å². The van der Waals surface area contributed by atoms with Gasteiger partial charge >= 0.3 is 0 Å². The summed E-state index contributed by atoms with van der Waals surface area (Å²) in [7, 11) is 1.56. The van der Waals surface area contributed by atoms with Crippen molar-refractivity contribution in [2.45, 2.75) is 38.9 Å². The van der Waals surface area contributed by atoms with Crippen molar-refractivity contribution in [1.29, 1.82) is 0 Å². The Labute approximate surface area is 244 Å². The maximum absolute atomic E-state index is 14.0. The molecule has 206 valence electrons. The molecule has 2 aromatic heterocycles. The lowest BCUT2D eigenvalue weighted by atomic mass is 9.98. The van der Waals surface area contributed by atoms with E-state index in [-0.39, 0.29) is 36.0 Å². The van der Waals surface area contributed by atoms with Gasteiger partial charge in [0.15, 0.2) is 0 Å². The van der Waals surface area contributed by atoms with Crippen LogP contribution in [0, 0.1) is 0 Å². The summed E-state index contributed by atoms with van der Waals surface area (Å²) in [6, 6.07) is 11.0. The first kappa shape index (κ1) is 27.8. The van der Waals surface area contributed by atoms with Crippen molar-refractivity contribution in [3.63, 3.8) is 0 Å². The third-order valence-electron chi connectivity index (χ3n) is 6.82. The van der Waals surface area contributed by atoms with Crippen LogP contribution in [0.25, 0.3) is 5.69 Å². The molecular weight excluding hydrogens is 571 g/mol. The molecule has 9 nitrogen and oxygen atoms in total. The number of nitrogens with zero attached hydrogens (tertiary/aromatic N) is 4. The van der Waals surface area contributed by atoms with Gasteiger partial charge in [-0.2, -0.15) is 0 Å². The lowest BCUT2D eigenvalue weighted by Gasteiger charge is -2.35. The lowest BCUT2D eigenvalue weighted by Crippen LogP contribution is -2.46. The summed E-state index contributed by atoms with van der Waals surface area (Å²) in [5.74, 6) is -0.132. The first-order valence-electron chi connectivity index (χ1n) is 12.6. The van der Waals surface area contributed by atoms with Gasteiger partial charge < -0.3 is 15.5 Å². The Bertz CT molecular complexity index is 1640. The summed E-state index contributed by atoms with van der Waals surface area (Å²) in [5.41, 5.74) is 2.26. The van der Waals surface area contributed by atoms with Gasteiger partial charge in [0, 0.05) is 41.4 Å². The van der Waals surface area contributed by atoms with Gasteiger partial charge in [0.05, 0.1) is 34.0 Å². The number of hydrogen-bond donors (Lipinski definition) is 2. The van der Waals surface area contributed by atoms with Crippen LogP contribution in [0.15, 0.2) is 58.8 Å². The molecule has 40 heavy (non-hydrogen) atoms. The minimum Gasteiger partial charge on any atom is -0.355 e. The van der Waals surface area contributed by atoms with Crippen LogP contribution in [0.4, 0.5) is 5.95 Å². The van der Waals surface area contributed by atoms with Gasteiger partial charge in [0.25, 0.3) is 17.4 Å².